The van der Waals surface area contributed by atoms with Crippen molar-refractivity contribution in [3.63, 3.8) is 0 Å². The topological polar surface area (TPSA) is 99.2 Å². The molecule has 156 valence electrons. The maximum Gasteiger partial charge on any atom is 0.280 e. The summed E-state index contributed by atoms with van der Waals surface area (Å²) in [5.74, 6) is -0.784. The first kappa shape index (κ1) is 20.4. The molecule has 0 aliphatic rings. The molecule has 4 aromatic rings. The highest BCUT2D eigenvalue weighted by Crippen LogP contribution is 2.40. The molecule has 0 atom stereocenters. The number of carbonyl (C=O) groups is 2. The average molecular weight is 433 g/mol. The summed E-state index contributed by atoms with van der Waals surface area (Å²) in [4.78, 5) is 26.2. The maximum absolute atomic E-state index is 13.1. The molecule has 2 heterocycles. The number of hydrogen-bond donors (Lipinski definition) is 2. The smallest absolute Gasteiger partial charge is 0.280 e. The molecule has 0 aliphatic carbocycles. The first-order chi connectivity index (χ1) is 15.0. The largest absolute Gasteiger partial charge is 0.493 e. The molecule has 0 spiro atoms. The molecule has 4 rings (SSSR count). The lowest BCUT2D eigenvalue weighted by molar-refractivity contribution is 0.100. The van der Waals surface area contributed by atoms with Gasteiger partial charge in [0.15, 0.2) is 11.4 Å². The highest BCUT2D eigenvalue weighted by Gasteiger charge is 2.25. The lowest BCUT2D eigenvalue weighted by Gasteiger charge is -2.07. The van der Waals surface area contributed by atoms with E-state index in [0.717, 1.165) is 21.7 Å². The van der Waals surface area contributed by atoms with Gasteiger partial charge in [0.2, 0.25) is 0 Å². The van der Waals surface area contributed by atoms with E-state index in [0.29, 0.717) is 10.8 Å². The van der Waals surface area contributed by atoms with Crippen LogP contribution in [0.3, 0.4) is 0 Å². The van der Waals surface area contributed by atoms with Crippen LogP contribution in [0.1, 0.15) is 25.7 Å². The van der Waals surface area contributed by atoms with E-state index in [9.17, 15) is 9.59 Å². The van der Waals surface area contributed by atoms with Gasteiger partial charge in [-0.05, 0) is 24.6 Å². The van der Waals surface area contributed by atoms with Gasteiger partial charge < -0.3 is 15.8 Å². The van der Waals surface area contributed by atoms with Crippen LogP contribution in [0, 0.1) is 6.92 Å². The number of ether oxygens (including phenoxy) is 1. The number of methoxy groups -OCH3 is 1. The summed E-state index contributed by atoms with van der Waals surface area (Å²) in [6.07, 6.45) is 1.63. The summed E-state index contributed by atoms with van der Waals surface area (Å²) in [7, 11) is 1.47. The van der Waals surface area contributed by atoms with Gasteiger partial charge in [-0.25, -0.2) is 4.68 Å². The molecular formula is C23H20N4O3S. The zero-order valence-electron chi connectivity index (χ0n) is 17.0. The number of aromatic nitrogens is 2. The number of para-hydroxylation sites is 1. The third-order valence-electron chi connectivity index (χ3n) is 4.76. The van der Waals surface area contributed by atoms with Crippen molar-refractivity contribution in [2.75, 3.05) is 12.4 Å². The number of nitrogens with zero attached hydrogens (tertiary/aromatic N) is 2. The van der Waals surface area contributed by atoms with Crippen molar-refractivity contribution < 1.29 is 14.3 Å². The number of anilines is 1. The van der Waals surface area contributed by atoms with E-state index in [1.807, 2.05) is 67.6 Å². The average Bonchev–Trinajstić information content (AvgIpc) is 3.36. The molecule has 0 bridgehead atoms. The van der Waals surface area contributed by atoms with Gasteiger partial charge in [-0.3, -0.25) is 9.59 Å². The molecule has 2 amide bonds. The van der Waals surface area contributed by atoms with Gasteiger partial charge in [0.05, 0.1) is 24.6 Å². The van der Waals surface area contributed by atoms with E-state index in [2.05, 4.69) is 10.4 Å². The molecule has 0 unspecified atom stereocenters. The van der Waals surface area contributed by atoms with E-state index in [1.165, 1.54) is 18.4 Å². The first-order valence-electron chi connectivity index (χ1n) is 9.48. The molecular weight excluding hydrogens is 412 g/mol. The quantitative estimate of drug-likeness (QED) is 0.475. The summed E-state index contributed by atoms with van der Waals surface area (Å²) >= 11 is 1.30. The molecule has 0 radical (unpaired) electrons. The van der Waals surface area contributed by atoms with Crippen LogP contribution >= 0.6 is 11.3 Å². The van der Waals surface area contributed by atoms with Crippen LogP contribution in [-0.4, -0.2) is 28.7 Å². The van der Waals surface area contributed by atoms with Crippen LogP contribution in [0.25, 0.3) is 16.8 Å². The second kappa shape index (κ2) is 8.45. The van der Waals surface area contributed by atoms with E-state index in [4.69, 9.17) is 10.5 Å². The van der Waals surface area contributed by atoms with Crippen molar-refractivity contribution in [2.24, 2.45) is 5.73 Å². The number of nitrogens with one attached hydrogen (secondary N) is 1. The van der Waals surface area contributed by atoms with Crippen molar-refractivity contribution in [1.29, 1.82) is 0 Å². The number of rotatable bonds is 6. The maximum atomic E-state index is 13.1. The zero-order valence-corrected chi connectivity index (χ0v) is 17.8. The highest BCUT2D eigenvalue weighted by molar-refractivity contribution is 7.17. The van der Waals surface area contributed by atoms with Gasteiger partial charge in [-0.2, -0.15) is 5.10 Å². The van der Waals surface area contributed by atoms with Crippen molar-refractivity contribution in [3.05, 3.63) is 83.0 Å². The monoisotopic (exact) mass is 432 g/mol. The molecule has 31 heavy (non-hydrogen) atoms. The van der Waals surface area contributed by atoms with Crippen LogP contribution in [-0.2, 0) is 0 Å². The minimum absolute atomic E-state index is 0.106. The molecule has 3 N–H and O–H groups in total. The van der Waals surface area contributed by atoms with E-state index >= 15 is 0 Å². The minimum Gasteiger partial charge on any atom is -0.493 e. The Morgan fingerprint density at radius 1 is 1.06 bits per heavy atom. The van der Waals surface area contributed by atoms with Gasteiger partial charge in [0.25, 0.3) is 11.8 Å². The Morgan fingerprint density at radius 2 is 1.71 bits per heavy atom. The van der Waals surface area contributed by atoms with Crippen LogP contribution in [0.5, 0.6) is 5.75 Å². The summed E-state index contributed by atoms with van der Waals surface area (Å²) in [5.41, 5.74) is 8.44. The normalized spacial score (nSPS) is 10.6. The fourth-order valence-corrected chi connectivity index (χ4v) is 4.44. The number of carbonyl (C=O) groups excluding carboxylic acids is 2. The van der Waals surface area contributed by atoms with E-state index in [-0.39, 0.29) is 11.3 Å². The Hall–Kier alpha value is -3.91. The zero-order chi connectivity index (χ0) is 22.0. The molecule has 0 saturated heterocycles. The molecule has 2 aromatic carbocycles. The summed E-state index contributed by atoms with van der Waals surface area (Å²) in [5, 5.41) is 7.56. The summed E-state index contributed by atoms with van der Waals surface area (Å²) in [6.45, 7) is 1.89. The summed E-state index contributed by atoms with van der Waals surface area (Å²) < 4.78 is 6.92. The standard InChI is InChI=1S/C23H20N4O3S/c1-14-18(15-9-5-3-6-10-15)19(21(24)28)23(31-14)25-22(29)20-17(30-2)13-27(26-20)16-11-7-4-8-12-16/h3-13H,1-2H3,(H2,24,28)(H,25,29). The SMILES string of the molecule is COc1cn(-c2ccccc2)nc1C(=O)Nc1sc(C)c(-c2ccccc2)c1C(N)=O. The molecule has 0 fully saturated rings. The number of thiophene rings is 1. The molecule has 8 heteroatoms. The second-order valence-electron chi connectivity index (χ2n) is 6.75. The Labute approximate surface area is 183 Å². The van der Waals surface area contributed by atoms with Crippen molar-refractivity contribution in [3.8, 4) is 22.6 Å². The number of primary amides is 1. The Bertz CT molecular complexity index is 1250. The number of benzene rings is 2. The summed E-state index contributed by atoms with van der Waals surface area (Å²) in [6, 6.07) is 18.9. The van der Waals surface area contributed by atoms with Crippen molar-refractivity contribution in [2.45, 2.75) is 6.92 Å². The van der Waals surface area contributed by atoms with Gasteiger partial charge in [-0.15, -0.1) is 11.3 Å². The second-order valence-corrected chi connectivity index (χ2v) is 7.97. The lowest BCUT2D eigenvalue weighted by atomic mass is 10.0. The third kappa shape index (κ3) is 3.93. The molecule has 0 aliphatic heterocycles. The van der Waals surface area contributed by atoms with Crippen LogP contribution < -0.4 is 15.8 Å². The Morgan fingerprint density at radius 3 is 2.32 bits per heavy atom. The highest BCUT2D eigenvalue weighted by atomic mass is 32.1. The molecule has 2 aromatic heterocycles. The number of hydrogen-bond acceptors (Lipinski definition) is 5. The van der Waals surface area contributed by atoms with Gasteiger partial charge in [0, 0.05) is 10.4 Å². The number of amides is 2. The Balaban J connectivity index is 1.71. The number of nitrogens with two attached hydrogens (primary N) is 1. The molecule has 0 saturated carbocycles. The van der Waals surface area contributed by atoms with E-state index < -0.39 is 11.8 Å². The fourth-order valence-electron chi connectivity index (χ4n) is 3.36. The van der Waals surface area contributed by atoms with Crippen LogP contribution in [0.4, 0.5) is 5.00 Å². The van der Waals surface area contributed by atoms with Gasteiger partial charge in [-0.1, -0.05) is 48.5 Å². The van der Waals surface area contributed by atoms with Crippen molar-refractivity contribution in [1.82, 2.24) is 9.78 Å². The Kier molecular flexibility index (Phi) is 5.55. The van der Waals surface area contributed by atoms with Gasteiger partial charge in [0.1, 0.15) is 5.00 Å². The predicted molar refractivity (Wildman–Crippen MR) is 121 cm³/mol. The first-order valence-corrected chi connectivity index (χ1v) is 10.3. The van der Waals surface area contributed by atoms with E-state index in [1.54, 1.807) is 10.9 Å². The van der Waals surface area contributed by atoms with Crippen LogP contribution in [0.15, 0.2) is 66.9 Å². The third-order valence-corrected chi connectivity index (χ3v) is 5.78. The lowest BCUT2D eigenvalue weighted by Crippen LogP contribution is -2.18. The fraction of sp³-hybridized carbons (Fsp3) is 0.0870. The number of aryl methyl sites for hydroxylation is 1. The van der Waals surface area contributed by atoms with Crippen LogP contribution in [0.2, 0.25) is 0 Å². The van der Waals surface area contributed by atoms with Crippen molar-refractivity contribution >= 4 is 28.2 Å². The molecule has 7 nitrogen and oxygen atoms in total. The predicted octanol–water partition coefficient (Wildman–Crippen LogP) is 4.27. The minimum atomic E-state index is -0.611. The van der Waals surface area contributed by atoms with Gasteiger partial charge >= 0.3 is 0 Å².